The number of benzene rings is 1. The Bertz CT molecular complexity index is 678. The highest BCUT2D eigenvalue weighted by Crippen LogP contribution is 2.59. The van der Waals surface area contributed by atoms with Gasteiger partial charge in [-0.25, -0.2) is 12.8 Å². The standard InChI is InChI=1S/C17H20ClFO2S/c18-16-6-15(19)2-1-14(16)10-22(20,21)17-7-11-3-12(8-17)5-13(4-11)9-17/h1-2,6,11-13H,3-5,7-10H2. The van der Waals surface area contributed by atoms with Gasteiger partial charge in [-0.15, -0.1) is 0 Å². The maximum Gasteiger partial charge on any atom is 0.160 e. The van der Waals surface area contributed by atoms with Gasteiger partial charge in [0.1, 0.15) is 5.82 Å². The third-order valence-electron chi connectivity index (χ3n) is 6.00. The predicted molar refractivity (Wildman–Crippen MR) is 84.9 cm³/mol. The van der Waals surface area contributed by atoms with E-state index in [1.807, 2.05) is 0 Å². The molecule has 0 saturated heterocycles. The average Bonchev–Trinajstić information content (AvgIpc) is 2.40. The maximum atomic E-state index is 13.2. The molecule has 0 spiro atoms. The van der Waals surface area contributed by atoms with Crippen molar-refractivity contribution in [2.45, 2.75) is 49.0 Å². The first-order valence-corrected chi connectivity index (χ1v) is 10.1. The zero-order valence-corrected chi connectivity index (χ0v) is 14.0. The molecule has 0 N–H and O–H groups in total. The van der Waals surface area contributed by atoms with Crippen molar-refractivity contribution in [3.8, 4) is 0 Å². The molecule has 5 rings (SSSR count). The van der Waals surface area contributed by atoms with E-state index in [0.29, 0.717) is 23.3 Å². The summed E-state index contributed by atoms with van der Waals surface area (Å²) in [7, 11) is -3.27. The molecule has 2 nitrogen and oxygen atoms in total. The van der Waals surface area contributed by atoms with Crippen molar-refractivity contribution in [2.75, 3.05) is 0 Å². The van der Waals surface area contributed by atoms with Crippen LogP contribution in [0.1, 0.15) is 44.1 Å². The van der Waals surface area contributed by atoms with Gasteiger partial charge >= 0.3 is 0 Å². The van der Waals surface area contributed by atoms with E-state index >= 15 is 0 Å². The highest BCUT2D eigenvalue weighted by atomic mass is 35.5. The smallest absolute Gasteiger partial charge is 0.160 e. The molecular weight excluding hydrogens is 323 g/mol. The van der Waals surface area contributed by atoms with Crippen LogP contribution in [0.2, 0.25) is 5.02 Å². The lowest BCUT2D eigenvalue weighted by Gasteiger charge is -2.56. The molecule has 0 radical (unpaired) electrons. The van der Waals surface area contributed by atoms with Gasteiger partial charge in [-0.1, -0.05) is 17.7 Å². The van der Waals surface area contributed by atoms with Crippen molar-refractivity contribution in [3.05, 3.63) is 34.6 Å². The molecular formula is C17H20ClFO2S. The van der Waals surface area contributed by atoms with Crippen LogP contribution in [0.15, 0.2) is 18.2 Å². The van der Waals surface area contributed by atoms with Gasteiger partial charge in [0.25, 0.3) is 0 Å². The number of sulfone groups is 1. The molecule has 0 amide bonds. The Kier molecular flexibility index (Phi) is 3.36. The summed E-state index contributed by atoms with van der Waals surface area (Å²) in [4.78, 5) is 0. The summed E-state index contributed by atoms with van der Waals surface area (Å²) in [5.41, 5.74) is 0.527. The Balaban J connectivity index is 1.66. The Labute approximate surface area is 136 Å². The predicted octanol–water partition coefficient (Wildman–Crippen LogP) is 4.36. The third kappa shape index (κ3) is 2.30. The van der Waals surface area contributed by atoms with Crippen molar-refractivity contribution in [1.29, 1.82) is 0 Å². The van der Waals surface area contributed by atoms with Crippen LogP contribution in [-0.2, 0) is 15.6 Å². The normalized spacial score (nSPS) is 36.7. The number of hydrogen-bond donors (Lipinski definition) is 0. The van der Waals surface area contributed by atoms with E-state index < -0.39 is 20.4 Å². The van der Waals surface area contributed by atoms with Gasteiger partial charge in [0.05, 0.1) is 10.5 Å². The fraction of sp³-hybridized carbons (Fsp3) is 0.647. The van der Waals surface area contributed by atoms with Gasteiger partial charge < -0.3 is 0 Å². The van der Waals surface area contributed by atoms with Crippen LogP contribution in [0, 0.1) is 23.6 Å². The summed E-state index contributed by atoms with van der Waals surface area (Å²) in [6.45, 7) is 0. The quantitative estimate of drug-likeness (QED) is 0.817. The van der Waals surface area contributed by atoms with Crippen LogP contribution in [0.3, 0.4) is 0 Å². The van der Waals surface area contributed by atoms with Crippen LogP contribution >= 0.6 is 11.6 Å². The Morgan fingerprint density at radius 1 is 1.09 bits per heavy atom. The van der Waals surface area contributed by atoms with Crippen molar-refractivity contribution in [3.63, 3.8) is 0 Å². The topological polar surface area (TPSA) is 34.1 Å². The third-order valence-corrected chi connectivity index (χ3v) is 8.86. The minimum Gasteiger partial charge on any atom is -0.228 e. The SMILES string of the molecule is O=S(=O)(Cc1ccc(F)cc1Cl)C12CC3CC(CC(C3)C1)C2. The number of halogens is 2. The maximum absolute atomic E-state index is 13.2. The van der Waals surface area contributed by atoms with E-state index in [1.165, 1.54) is 37.5 Å². The van der Waals surface area contributed by atoms with Gasteiger partial charge in [0, 0.05) is 5.02 Å². The van der Waals surface area contributed by atoms with Crippen molar-refractivity contribution in [1.82, 2.24) is 0 Å². The van der Waals surface area contributed by atoms with Crippen molar-refractivity contribution < 1.29 is 12.8 Å². The molecule has 0 aromatic heterocycles. The molecule has 0 atom stereocenters. The lowest BCUT2D eigenvalue weighted by atomic mass is 9.56. The van der Waals surface area contributed by atoms with Gasteiger partial charge in [-0.05, 0) is 74.0 Å². The lowest BCUT2D eigenvalue weighted by Crippen LogP contribution is -2.55. The van der Waals surface area contributed by atoms with E-state index in [9.17, 15) is 12.8 Å². The van der Waals surface area contributed by atoms with Gasteiger partial charge in [-0.2, -0.15) is 0 Å². The second-order valence-corrected chi connectivity index (χ2v) is 10.4. The van der Waals surface area contributed by atoms with Gasteiger partial charge in [0.2, 0.25) is 0 Å². The molecule has 4 fully saturated rings. The summed E-state index contributed by atoms with van der Waals surface area (Å²) >= 11 is 6.04. The van der Waals surface area contributed by atoms with E-state index in [1.54, 1.807) is 0 Å². The zero-order chi connectivity index (χ0) is 15.5. The van der Waals surface area contributed by atoms with Crippen LogP contribution in [-0.4, -0.2) is 13.2 Å². The summed E-state index contributed by atoms with van der Waals surface area (Å²) in [6, 6.07) is 4.00. The first-order valence-electron chi connectivity index (χ1n) is 8.03. The lowest BCUT2D eigenvalue weighted by molar-refractivity contribution is 0.0338. The average molecular weight is 343 g/mol. The minimum atomic E-state index is -3.27. The molecule has 1 aromatic rings. The summed E-state index contributed by atoms with van der Waals surface area (Å²) in [6.07, 6.45) is 6.10. The second kappa shape index (κ2) is 4.94. The summed E-state index contributed by atoms with van der Waals surface area (Å²) < 4.78 is 38.9. The fourth-order valence-corrected chi connectivity index (χ4v) is 8.16. The highest BCUT2D eigenvalue weighted by molar-refractivity contribution is 7.92. The first kappa shape index (κ1) is 14.9. The van der Waals surface area contributed by atoms with Crippen LogP contribution in [0.4, 0.5) is 4.39 Å². The number of hydrogen-bond acceptors (Lipinski definition) is 2. The molecule has 0 heterocycles. The van der Waals surface area contributed by atoms with Gasteiger partial charge in [0.15, 0.2) is 9.84 Å². The molecule has 22 heavy (non-hydrogen) atoms. The first-order chi connectivity index (χ1) is 10.4. The van der Waals surface area contributed by atoms with E-state index in [-0.39, 0.29) is 10.8 Å². The fourth-order valence-electron chi connectivity index (χ4n) is 5.41. The van der Waals surface area contributed by atoms with Crippen molar-refractivity contribution in [2.24, 2.45) is 17.8 Å². The Hall–Kier alpha value is -0.610. The molecule has 0 unspecified atom stereocenters. The van der Waals surface area contributed by atoms with Gasteiger partial charge in [-0.3, -0.25) is 0 Å². The molecule has 1 aromatic carbocycles. The summed E-state index contributed by atoms with van der Waals surface area (Å²) in [5, 5.41) is 0.216. The molecule has 5 heteroatoms. The van der Waals surface area contributed by atoms with Crippen LogP contribution in [0.5, 0.6) is 0 Å². The highest BCUT2D eigenvalue weighted by Gasteiger charge is 2.57. The Morgan fingerprint density at radius 3 is 2.14 bits per heavy atom. The molecule has 120 valence electrons. The number of rotatable bonds is 3. The largest absolute Gasteiger partial charge is 0.228 e. The zero-order valence-electron chi connectivity index (χ0n) is 12.4. The van der Waals surface area contributed by atoms with Crippen LogP contribution < -0.4 is 0 Å². The minimum absolute atomic E-state index is 0.0573. The molecule has 4 aliphatic carbocycles. The molecule has 4 bridgehead atoms. The molecule has 4 saturated carbocycles. The van der Waals surface area contributed by atoms with E-state index in [0.717, 1.165) is 19.3 Å². The van der Waals surface area contributed by atoms with Crippen LogP contribution in [0.25, 0.3) is 0 Å². The molecule has 4 aliphatic rings. The van der Waals surface area contributed by atoms with E-state index in [2.05, 4.69) is 0 Å². The van der Waals surface area contributed by atoms with E-state index in [4.69, 9.17) is 11.6 Å². The monoisotopic (exact) mass is 342 g/mol. The van der Waals surface area contributed by atoms with Crippen molar-refractivity contribution >= 4 is 21.4 Å². The Morgan fingerprint density at radius 2 is 1.64 bits per heavy atom. The second-order valence-electron chi connectivity index (χ2n) is 7.60. The molecule has 0 aliphatic heterocycles. The summed E-state index contributed by atoms with van der Waals surface area (Å²) in [5.74, 6) is 1.28.